The molecule has 0 N–H and O–H groups in total. The van der Waals surface area contributed by atoms with Crippen LogP contribution in [0.3, 0.4) is 0 Å². The standard InChI is InChI=1S/C52H34N2/c1-54-45-26-14-23-39(51(45)53-52(54)37-19-9-4-10-20-37)34-29-27-33(28-30-34)38-31-32-44-48-40(38)24-13-25-43(48)49-46(35-15-5-2-6-16-35)41-21-11-12-22-42(41)47(50(44)49)36-17-7-3-8-18-36/h2-32H,1H3. The first-order valence-electron chi connectivity index (χ1n) is 18.6. The molecule has 0 saturated heterocycles. The largest absolute Gasteiger partial charge is 0.327 e. The fourth-order valence-corrected chi connectivity index (χ4v) is 8.98. The van der Waals surface area contributed by atoms with E-state index in [-0.39, 0.29) is 0 Å². The van der Waals surface area contributed by atoms with E-state index in [1.165, 1.54) is 77.2 Å². The summed E-state index contributed by atoms with van der Waals surface area (Å²) in [6, 6.07) is 68.4. The van der Waals surface area contributed by atoms with Gasteiger partial charge in [-0.15, -0.1) is 0 Å². The third kappa shape index (κ3) is 4.50. The zero-order chi connectivity index (χ0) is 35.8. The van der Waals surface area contributed by atoms with Crippen LogP contribution < -0.4 is 0 Å². The first kappa shape index (κ1) is 30.6. The summed E-state index contributed by atoms with van der Waals surface area (Å²) in [5.41, 5.74) is 18.3. The molecule has 0 radical (unpaired) electrons. The molecule has 1 heterocycles. The Kier molecular flexibility index (Phi) is 6.80. The summed E-state index contributed by atoms with van der Waals surface area (Å²) in [5.74, 6) is 0.974. The molecule has 11 rings (SSSR count). The summed E-state index contributed by atoms with van der Waals surface area (Å²) >= 11 is 0. The van der Waals surface area contributed by atoms with Crippen LogP contribution in [0.2, 0.25) is 0 Å². The van der Waals surface area contributed by atoms with Gasteiger partial charge in [-0.25, -0.2) is 4.98 Å². The Morgan fingerprint density at radius 1 is 0.333 bits per heavy atom. The predicted molar refractivity (Wildman–Crippen MR) is 227 cm³/mol. The van der Waals surface area contributed by atoms with Gasteiger partial charge in [0.2, 0.25) is 0 Å². The van der Waals surface area contributed by atoms with Crippen molar-refractivity contribution in [3.05, 3.63) is 188 Å². The molecule has 0 fully saturated rings. The topological polar surface area (TPSA) is 17.8 Å². The maximum Gasteiger partial charge on any atom is 0.140 e. The second kappa shape index (κ2) is 12.0. The number of aromatic nitrogens is 2. The number of hydrogen-bond acceptors (Lipinski definition) is 1. The van der Waals surface area contributed by atoms with E-state index in [0.29, 0.717) is 0 Å². The number of rotatable bonds is 5. The lowest BCUT2D eigenvalue weighted by molar-refractivity contribution is 0.959. The van der Waals surface area contributed by atoms with Crippen LogP contribution in [0.5, 0.6) is 0 Å². The number of aryl methyl sites for hydroxylation is 1. The normalized spacial score (nSPS) is 11.8. The highest BCUT2D eigenvalue weighted by Gasteiger charge is 2.31. The van der Waals surface area contributed by atoms with Crippen LogP contribution in [0, 0.1) is 0 Å². The van der Waals surface area contributed by atoms with Crippen molar-refractivity contribution in [1.29, 1.82) is 0 Å². The smallest absolute Gasteiger partial charge is 0.140 e. The third-order valence-corrected chi connectivity index (χ3v) is 11.4. The van der Waals surface area contributed by atoms with Crippen LogP contribution in [-0.2, 0) is 7.05 Å². The van der Waals surface area contributed by atoms with Gasteiger partial charge < -0.3 is 4.57 Å². The number of fused-ring (bicyclic) bond motifs is 5. The van der Waals surface area contributed by atoms with E-state index < -0.39 is 0 Å². The Morgan fingerprint density at radius 2 is 0.796 bits per heavy atom. The van der Waals surface area contributed by atoms with Gasteiger partial charge in [-0.2, -0.15) is 0 Å². The third-order valence-electron chi connectivity index (χ3n) is 11.4. The molecular formula is C52H34N2. The Labute approximate surface area is 314 Å². The van der Waals surface area contributed by atoms with E-state index in [4.69, 9.17) is 4.98 Å². The van der Waals surface area contributed by atoms with Crippen LogP contribution in [0.15, 0.2) is 188 Å². The van der Waals surface area contributed by atoms with Gasteiger partial charge in [-0.1, -0.05) is 182 Å². The molecule has 54 heavy (non-hydrogen) atoms. The Morgan fingerprint density at radius 3 is 1.41 bits per heavy atom. The second-order valence-electron chi connectivity index (χ2n) is 14.3. The lowest BCUT2D eigenvalue weighted by Crippen LogP contribution is -1.93. The molecule has 0 atom stereocenters. The summed E-state index contributed by atoms with van der Waals surface area (Å²) in [7, 11) is 2.10. The van der Waals surface area contributed by atoms with Gasteiger partial charge in [-0.05, 0) is 88.8 Å². The van der Waals surface area contributed by atoms with Crippen molar-refractivity contribution >= 4 is 32.6 Å². The molecule has 1 aromatic heterocycles. The summed E-state index contributed by atoms with van der Waals surface area (Å²) in [5, 5.41) is 5.15. The minimum Gasteiger partial charge on any atom is -0.327 e. The van der Waals surface area contributed by atoms with Crippen LogP contribution in [0.4, 0.5) is 0 Å². The second-order valence-corrected chi connectivity index (χ2v) is 14.3. The molecule has 1 aliphatic rings. The molecule has 0 aliphatic heterocycles. The Bertz CT molecular complexity index is 2970. The number of benzene rings is 9. The van der Waals surface area contributed by atoms with Crippen molar-refractivity contribution in [2.45, 2.75) is 0 Å². The molecule has 0 spiro atoms. The molecule has 0 saturated carbocycles. The van der Waals surface area contributed by atoms with Crippen LogP contribution >= 0.6 is 0 Å². The fraction of sp³-hybridized carbons (Fsp3) is 0.0192. The molecule has 0 unspecified atom stereocenters. The van der Waals surface area contributed by atoms with Crippen LogP contribution in [0.25, 0.3) is 111 Å². The van der Waals surface area contributed by atoms with Crippen molar-refractivity contribution in [2.24, 2.45) is 7.05 Å². The number of imidazole rings is 1. The quantitative estimate of drug-likeness (QED) is 0.176. The van der Waals surface area contributed by atoms with Crippen molar-refractivity contribution in [2.75, 3.05) is 0 Å². The van der Waals surface area contributed by atoms with Gasteiger partial charge in [0.05, 0.1) is 11.0 Å². The van der Waals surface area contributed by atoms with E-state index in [2.05, 4.69) is 194 Å². The SMILES string of the molecule is Cn1c(-c2ccccc2)nc2c(-c3ccc(-c4ccc5c6c(cccc46)-c4c-5c(-c5ccccc5)c5ccccc5c4-c4ccccc4)cc3)cccc21. The predicted octanol–water partition coefficient (Wildman–Crippen LogP) is 13.9. The fourth-order valence-electron chi connectivity index (χ4n) is 8.98. The van der Waals surface area contributed by atoms with E-state index >= 15 is 0 Å². The molecule has 9 aromatic carbocycles. The molecule has 2 heteroatoms. The highest BCUT2D eigenvalue weighted by Crippen LogP contribution is 2.58. The zero-order valence-corrected chi connectivity index (χ0v) is 29.8. The van der Waals surface area contributed by atoms with Gasteiger partial charge in [0.15, 0.2) is 0 Å². The minimum absolute atomic E-state index is 0.974. The van der Waals surface area contributed by atoms with E-state index in [0.717, 1.165) is 33.5 Å². The molecule has 0 amide bonds. The maximum atomic E-state index is 5.17. The first-order chi connectivity index (χ1) is 26.7. The molecule has 252 valence electrons. The maximum absolute atomic E-state index is 5.17. The Balaban J connectivity index is 1.10. The summed E-state index contributed by atoms with van der Waals surface area (Å²) in [6.07, 6.45) is 0. The summed E-state index contributed by atoms with van der Waals surface area (Å²) in [4.78, 5) is 5.17. The number of hydrogen-bond donors (Lipinski definition) is 0. The average molecular weight is 687 g/mol. The molecule has 0 bridgehead atoms. The number of para-hydroxylation sites is 1. The van der Waals surface area contributed by atoms with Crippen molar-refractivity contribution in [3.8, 4) is 78.1 Å². The molecule has 10 aromatic rings. The lowest BCUT2D eigenvalue weighted by atomic mass is 9.82. The molecule has 1 aliphatic carbocycles. The van der Waals surface area contributed by atoms with Crippen molar-refractivity contribution in [1.82, 2.24) is 9.55 Å². The average Bonchev–Trinajstić information content (AvgIpc) is 3.76. The van der Waals surface area contributed by atoms with Gasteiger partial charge in [-0.3, -0.25) is 0 Å². The van der Waals surface area contributed by atoms with Gasteiger partial charge in [0, 0.05) is 18.2 Å². The number of nitrogens with zero attached hydrogens (tertiary/aromatic N) is 2. The van der Waals surface area contributed by atoms with E-state index in [1.54, 1.807) is 0 Å². The van der Waals surface area contributed by atoms with E-state index in [9.17, 15) is 0 Å². The highest BCUT2D eigenvalue weighted by molar-refractivity contribution is 6.28. The summed E-state index contributed by atoms with van der Waals surface area (Å²) in [6.45, 7) is 0. The monoisotopic (exact) mass is 686 g/mol. The molecule has 2 nitrogen and oxygen atoms in total. The van der Waals surface area contributed by atoms with E-state index in [1.807, 2.05) is 6.07 Å². The summed E-state index contributed by atoms with van der Waals surface area (Å²) < 4.78 is 2.20. The van der Waals surface area contributed by atoms with Crippen LogP contribution in [-0.4, -0.2) is 9.55 Å². The van der Waals surface area contributed by atoms with Crippen molar-refractivity contribution < 1.29 is 0 Å². The van der Waals surface area contributed by atoms with Gasteiger partial charge >= 0.3 is 0 Å². The van der Waals surface area contributed by atoms with Crippen molar-refractivity contribution in [3.63, 3.8) is 0 Å². The van der Waals surface area contributed by atoms with Gasteiger partial charge in [0.1, 0.15) is 5.82 Å². The lowest BCUT2D eigenvalue weighted by Gasteiger charge is -2.20. The minimum atomic E-state index is 0.974. The zero-order valence-electron chi connectivity index (χ0n) is 29.8. The first-order valence-corrected chi connectivity index (χ1v) is 18.6. The molecular weight excluding hydrogens is 653 g/mol. The Hall–Kier alpha value is -7.03. The van der Waals surface area contributed by atoms with Gasteiger partial charge in [0.25, 0.3) is 0 Å². The highest BCUT2D eigenvalue weighted by atomic mass is 15.1. The van der Waals surface area contributed by atoms with Crippen LogP contribution in [0.1, 0.15) is 0 Å².